The number of pyridine rings is 3. The molecule has 5 heterocycles. The Morgan fingerprint density at radius 1 is 0.488 bits per heavy atom. The molecule has 0 saturated carbocycles. The predicted octanol–water partition coefficient (Wildman–Crippen LogP) is 8.25. The molecule has 8 rings (SSSR count). The van der Waals surface area contributed by atoms with E-state index in [4.69, 9.17) is 24.9 Å². The molecule has 0 bridgehead atoms. The lowest BCUT2D eigenvalue weighted by Crippen LogP contribution is -2.00. The molecule has 0 fully saturated rings. The van der Waals surface area contributed by atoms with Gasteiger partial charge in [0.1, 0.15) is 0 Å². The Morgan fingerprint density at radius 2 is 1.17 bits per heavy atom. The number of aromatic nitrogens is 6. The van der Waals surface area contributed by atoms with Gasteiger partial charge in [-0.1, -0.05) is 78.9 Å². The molecule has 0 unspecified atom stereocenters. The molecule has 5 aromatic heterocycles. The van der Waals surface area contributed by atoms with Crippen molar-refractivity contribution in [1.82, 2.24) is 29.9 Å². The van der Waals surface area contributed by atoms with Crippen molar-refractivity contribution in [3.8, 4) is 45.6 Å². The highest BCUT2D eigenvalue weighted by molar-refractivity contribution is 7.25. The first-order chi connectivity index (χ1) is 20.3. The molecule has 8 aromatic rings. The van der Waals surface area contributed by atoms with Crippen molar-refractivity contribution in [2.75, 3.05) is 0 Å². The zero-order valence-electron chi connectivity index (χ0n) is 21.6. The molecular weight excluding hydrogens is 524 g/mol. The van der Waals surface area contributed by atoms with Crippen LogP contribution >= 0.6 is 11.3 Å². The molecule has 6 nitrogen and oxygen atoms in total. The minimum absolute atomic E-state index is 0.606. The predicted molar refractivity (Wildman–Crippen MR) is 165 cm³/mol. The molecule has 192 valence electrons. The molecule has 0 aliphatic carbocycles. The summed E-state index contributed by atoms with van der Waals surface area (Å²) in [6.45, 7) is 0. The number of hydrogen-bond donors (Lipinski definition) is 0. The van der Waals surface area contributed by atoms with Crippen LogP contribution in [0.25, 0.3) is 76.5 Å². The van der Waals surface area contributed by atoms with Crippen LogP contribution < -0.4 is 0 Å². The summed E-state index contributed by atoms with van der Waals surface area (Å²) in [7, 11) is 0. The summed E-state index contributed by atoms with van der Waals surface area (Å²) in [6.07, 6.45) is 7.57. The van der Waals surface area contributed by atoms with E-state index < -0.39 is 0 Å². The van der Waals surface area contributed by atoms with Crippen LogP contribution in [0.4, 0.5) is 0 Å². The first kappa shape index (κ1) is 23.5. The highest BCUT2D eigenvalue weighted by atomic mass is 32.1. The standard InChI is InChI=1S/C34H20N6S/c1-3-8-21(9-4-1)32-38-33(22-10-5-2-6-11-22)40-34(39-32)24-13-7-12-23-16-28(36-19-26(23)24)29-17-25-27-18-35-15-14-30(27)41-31(25)20-37-29/h1-20H. The summed E-state index contributed by atoms with van der Waals surface area (Å²) in [6, 6.07) is 32.4. The Labute approximate surface area is 239 Å². The highest BCUT2D eigenvalue weighted by Gasteiger charge is 2.15. The van der Waals surface area contributed by atoms with Crippen LogP contribution in [0.2, 0.25) is 0 Å². The minimum atomic E-state index is 0.606. The van der Waals surface area contributed by atoms with Gasteiger partial charge in [-0.3, -0.25) is 15.0 Å². The van der Waals surface area contributed by atoms with Gasteiger partial charge < -0.3 is 0 Å². The van der Waals surface area contributed by atoms with Gasteiger partial charge in [0.25, 0.3) is 0 Å². The van der Waals surface area contributed by atoms with Gasteiger partial charge in [-0.2, -0.15) is 0 Å². The van der Waals surface area contributed by atoms with Crippen molar-refractivity contribution < 1.29 is 0 Å². The zero-order valence-corrected chi connectivity index (χ0v) is 22.5. The van der Waals surface area contributed by atoms with Crippen molar-refractivity contribution in [1.29, 1.82) is 0 Å². The van der Waals surface area contributed by atoms with Gasteiger partial charge in [0.15, 0.2) is 17.5 Å². The first-order valence-corrected chi connectivity index (χ1v) is 14.0. The smallest absolute Gasteiger partial charge is 0.164 e. The molecule has 0 radical (unpaired) electrons. The van der Waals surface area contributed by atoms with Gasteiger partial charge in [0.05, 0.1) is 16.1 Å². The summed E-state index contributed by atoms with van der Waals surface area (Å²) in [4.78, 5) is 28.6. The molecule has 0 aliphatic rings. The Bertz CT molecular complexity index is 2150. The maximum Gasteiger partial charge on any atom is 0.164 e. The molecule has 3 aromatic carbocycles. The van der Waals surface area contributed by atoms with Gasteiger partial charge in [-0.05, 0) is 23.6 Å². The van der Waals surface area contributed by atoms with Gasteiger partial charge >= 0.3 is 0 Å². The van der Waals surface area contributed by atoms with Crippen LogP contribution in [0.3, 0.4) is 0 Å². The fourth-order valence-electron chi connectivity index (χ4n) is 5.10. The molecule has 7 heteroatoms. The van der Waals surface area contributed by atoms with Crippen molar-refractivity contribution in [3.63, 3.8) is 0 Å². The van der Waals surface area contributed by atoms with E-state index in [9.17, 15) is 0 Å². The molecular formula is C34H20N6S. The lowest BCUT2D eigenvalue weighted by Gasteiger charge is -2.11. The molecule has 0 atom stereocenters. The largest absolute Gasteiger partial charge is 0.264 e. The van der Waals surface area contributed by atoms with E-state index in [1.807, 2.05) is 104 Å². The van der Waals surface area contributed by atoms with Crippen LogP contribution in [0.5, 0.6) is 0 Å². The summed E-state index contributed by atoms with van der Waals surface area (Å²) >= 11 is 1.72. The van der Waals surface area contributed by atoms with Crippen molar-refractivity contribution in [2.45, 2.75) is 0 Å². The average Bonchev–Trinajstić information content (AvgIpc) is 3.43. The fraction of sp³-hybridized carbons (Fsp3) is 0. The van der Waals surface area contributed by atoms with Gasteiger partial charge in [-0.25, -0.2) is 15.0 Å². The van der Waals surface area contributed by atoms with E-state index in [1.54, 1.807) is 11.3 Å². The third-order valence-electron chi connectivity index (χ3n) is 7.13. The number of nitrogens with zero attached hydrogens (tertiary/aromatic N) is 6. The normalized spacial score (nSPS) is 11.4. The van der Waals surface area contributed by atoms with E-state index >= 15 is 0 Å². The van der Waals surface area contributed by atoms with Gasteiger partial charge in [-0.15, -0.1) is 11.3 Å². The number of thiophene rings is 1. The summed E-state index contributed by atoms with van der Waals surface area (Å²) in [5.74, 6) is 1.87. The Balaban J connectivity index is 1.27. The number of benzene rings is 3. The van der Waals surface area contributed by atoms with E-state index in [1.165, 1.54) is 4.70 Å². The SMILES string of the molecule is c1ccc(-c2nc(-c3ccccc3)nc(-c3cccc4cc(-c5cc6c(cn5)sc5ccncc56)ncc34)n2)cc1. The Morgan fingerprint density at radius 3 is 1.93 bits per heavy atom. The summed E-state index contributed by atoms with van der Waals surface area (Å²) in [5, 5.41) is 4.28. The van der Waals surface area contributed by atoms with E-state index in [-0.39, 0.29) is 0 Å². The van der Waals surface area contributed by atoms with E-state index in [2.05, 4.69) is 23.2 Å². The highest BCUT2D eigenvalue weighted by Crippen LogP contribution is 2.35. The van der Waals surface area contributed by atoms with Crippen molar-refractivity contribution >= 4 is 42.3 Å². The number of fused-ring (bicyclic) bond motifs is 4. The molecule has 0 amide bonds. The Kier molecular flexibility index (Phi) is 5.53. The lowest BCUT2D eigenvalue weighted by atomic mass is 10.0. The topological polar surface area (TPSA) is 77.3 Å². The van der Waals surface area contributed by atoms with Crippen LogP contribution in [0.15, 0.2) is 122 Å². The minimum Gasteiger partial charge on any atom is -0.264 e. The monoisotopic (exact) mass is 544 g/mol. The van der Waals surface area contributed by atoms with Gasteiger partial charge in [0, 0.05) is 62.3 Å². The van der Waals surface area contributed by atoms with Crippen LogP contribution in [0, 0.1) is 0 Å². The second-order valence-corrected chi connectivity index (χ2v) is 10.8. The van der Waals surface area contributed by atoms with Crippen molar-refractivity contribution in [3.05, 3.63) is 122 Å². The first-order valence-electron chi connectivity index (χ1n) is 13.2. The molecule has 41 heavy (non-hydrogen) atoms. The molecule has 0 spiro atoms. The second kappa shape index (κ2) is 9.66. The van der Waals surface area contributed by atoms with Gasteiger partial charge in [0.2, 0.25) is 0 Å². The number of hydrogen-bond acceptors (Lipinski definition) is 7. The maximum atomic E-state index is 4.92. The fourth-order valence-corrected chi connectivity index (χ4v) is 6.12. The quantitative estimate of drug-likeness (QED) is 0.222. The van der Waals surface area contributed by atoms with Crippen molar-refractivity contribution in [2.24, 2.45) is 0 Å². The second-order valence-electron chi connectivity index (χ2n) is 9.67. The van der Waals surface area contributed by atoms with Crippen LogP contribution in [-0.4, -0.2) is 29.9 Å². The van der Waals surface area contributed by atoms with Crippen LogP contribution in [0.1, 0.15) is 0 Å². The lowest BCUT2D eigenvalue weighted by molar-refractivity contribution is 1.08. The molecule has 0 saturated heterocycles. The van der Waals surface area contributed by atoms with E-state index in [0.717, 1.165) is 54.3 Å². The number of rotatable bonds is 4. The van der Waals surface area contributed by atoms with E-state index in [0.29, 0.717) is 17.5 Å². The Hall–Kier alpha value is -5.40. The third-order valence-corrected chi connectivity index (χ3v) is 8.25. The average molecular weight is 545 g/mol. The third kappa shape index (κ3) is 4.20. The summed E-state index contributed by atoms with van der Waals surface area (Å²) < 4.78 is 2.34. The molecule has 0 aliphatic heterocycles. The zero-order chi connectivity index (χ0) is 27.2. The van der Waals surface area contributed by atoms with Crippen LogP contribution in [-0.2, 0) is 0 Å². The summed E-state index contributed by atoms with van der Waals surface area (Å²) in [5.41, 5.74) is 4.41. The molecule has 0 N–H and O–H groups in total. The maximum absolute atomic E-state index is 4.92.